The number of hydrogen-bond donors (Lipinski definition) is 1. The molecule has 0 unspecified atom stereocenters. The summed E-state index contributed by atoms with van der Waals surface area (Å²) in [6.07, 6.45) is 4.49. The van der Waals surface area contributed by atoms with Crippen LogP contribution in [0.1, 0.15) is 25.3 Å². The van der Waals surface area contributed by atoms with Crippen molar-refractivity contribution in [3.8, 4) is 0 Å². The largest absolute Gasteiger partial charge is 0.392 e. The third kappa shape index (κ3) is 1.90. The predicted molar refractivity (Wildman–Crippen MR) is 62.8 cm³/mol. The Balaban J connectivity index is 2.46. The van der Waals surface area contributed by atoms with E-state index < -0.39 is 0 Å². The topological polar surface area (TPSA) is 25.2 Å². The van der Waals surface area contributed by atoms with Gasteiger partial charge in [0.05, 0.1) is 12.1 Å². The zero-order valence-electron chi connectivity index (χ0n) is 9.11. The Morgan fingerprint density at radius 1 is 1.27 bits per heavy atom. The molecule has 0 aliphatic rings. The Bertz CT molecular complexity index is 445. The van der Waals surface area contributed by atoms with Crippen molar-refractivity contribution in [3.63, 3.8) is 0 Å². The number of para-hydroxylation sites is 1. The number of unbranched alkanes of at least 4 members (excludes halogenated alkanes) is 1. The third-order valence-electron chi connectivity index (χ3n) is 2.79. The smallest absolute Gasteiger partial charge is 0.0702 e. The summed E-state index contributed by atoms with van der Waals surface area (Å²) in [5, 5.41) is 10.5. The lowest BCUT2D eigenvalue weighted by Gasteiger charge is -2.07. The van der Waals surface area contributed by atoms with Gasteiger partial charge in [-0.3, -0.25) is 0 Å². The number of aliphatic hydroxyl groups excluding tert-OH is 1. The number of rotatable bonds is 4. The van der Waals surface area contributed by atoms with Crippen molar-refractivity contribution >= 4 is 10.9 Å². The van der Waals surface area contributed by atoms with Gasteiger partial charge in [-0.1, -0.05) is 31.5 Å². The molecular weight excluding hydrogens is 186 g/mol. The minimum Gasteiger partial charge on any atom is -0.392 e. The summed E-state index contributed by atoms with van der Waals surface area (Å²) in [5.41, 5.74) is 2.21. The van der Waals surface area contributed by atoms with Gasteiger partial charge in [0.1, 0.15) is 0 Å². The summed E-state index contributed by atoms with van der Waals surface area (Å²) in [5.74, 6) is 0. The van der Waals surface area contributed by atoms with Gasteiger partial charge in [0, 0.05) is 18.3 Å². The molecule has 2 heteroatoms. The maximum absolute atomic E-state index is 9.29. The average Bonchev–Trinajstić information content (AvgIpc) is 2.69. The fraction of sp³-hybridized carbons (Fsp3) is 0.385. The summed E-state index contributed by atoms with van der Waals surface area (Å²) in [4.78, 5) is 0. The van der Waals surface area contributed by atoms with E-state index in [9.17, 15) is 5.11 Å². The molecule has 0 aliphatic carbocycles. The van der Waals surface area contributed by atoms with Crippen molar-refractivity contribution in [1.29, 1.82) is 0 Å². The van der Waals surface area contributed by atoms with Gasteiger partial charge in [-0.25, -0.2) is 0 Å². The summed E-state index contributed by atoms with van der Waals surface area (Å²) in [6.45, 7) is 3.35. The van der Waals surface area contributed by atoms with E-state index in [0.717, 1.165) is 12.1 Å². The molecule has 0 fully saturated rings. The second kappa shape index (κ2) is 4.49. The molecular formula is C13H17NO. The van der Waals surface area contributed by atoms with Crippen LogP contribution in [-0.2, 0) is 13.2 Å². The maximum atomic E-state index is 9.29. The molecule has 0 saturated carbocycles. The molecule has 2 rings (SSSR count). The zero-order chi connectivity index (χ0) is 10.7. The van der Waals surface area contributed by atoms with Crippen LogP contribution < -0.4 is 0 Å². The number of fused-ring (bicyclic) bond motifs is 1. The number of nitrogens with zero attached hydrogens (tertiary/aromatic N) is 1. The first-order valence-corrected chi connectivity index (χ1v) is 5.54. The monoisotopic (exact) mass is 203 g/mol. The fourth-order valence-electron chi connectivity index (χ4n) is 1.98. The lowest BCUT2D eigenvalue weighted by atomic mass is 10.1. The number of benzene rings is 1. The van der Waals surface area contributed by atoms with E-state index in [0.29, 0.717) is 0 Å². The second-order valence-corrected chi connectivity index (χ2v) is 3.88. The molecule has 1 heterocycles. The first kappa shape index (κ1) is 10.2. The van der Waals surface area contributed by atoms with E-state index >= 15 is 0 Å². The van der Waals surface area contributed by atoms with E-state index in [-0.39, 0.29) is 6.61 Å². The molecule has 0 bridgehead atoms. The predicted octanol–water partition coefficient (Wildman–Crippen LogP) is 2.93. The van der Waals surface area contributed by atoms with Crippen molar-refractivity contribution in [2.75, 3.05) is 0 Å². The SMILES string of the molecule is CCCCn1ccc2cccc(CO)c21. The van der Waals surface area contributed by atoms with Crippen LogP contribution >= 0.6 is 0 Å². The van der Waals surface area contributed by atoms with Gasteiger partial charge in [0.25, 0.3) is 0 Å². The molecule has 0 aliphatic heterocycles. The van der Waals surface area contributed by atoms with Crippen LogP contribution in [0.2, 0.25) is 0 Å². The molecule has 0 saturated heterocycles. The summed E-state index contributed by atoms with van der Waals surface area (Å²) < 4.78 is 2.24. The molecule has 1 aromatic carbocycles. The third-order valence-corrected chi connectivity index (χ3v) is 2.79. The van der Waals surface area contributed by atoms with Gasteiger partial charge in [0.2, 0.25) is 0 Å². The molecule has 2 aromatic rings. The standard InChI is InChI=1S/C13H17NO/c1-2-3-8-14-9-7-11-5-4-6-12(10-15)13(11)14/h4-7,9,15H,2-3,8,10H2,1H3. The van der Waals surface area contributed by atoms with Gasteiger partial charge in [0.15, 0.2) is 0 Å². The highest BCUT2D eigenvalue weighted by atomic mass is 16.3. The Hall–Kier alpha value is -1.28. The highest BCUT2D eigenvalue weighted by molar-refractivity contribution is 5.83. The van der Waals surface area contributed by atoms with Crippen LogP contribution in [-0.4, -0.2) is 9.67 Å². The number of hydrogen-bond acceptors (Lipinski definition) is 1. The van der Waals surface area contributed by atoms with Crippen LogP contribution in [0.25, 0.3) is 10.9 Å². The van der Waals surface area contributed by atoms with Crippen molar-refractivity contribution < 1.29 is 5.11 Å². The molecule has 2 nitrogen and oxygen atoms in total. The Labute approximate surface area is 90.2 Å². The summed E-state index contributed by atoms with van der Waals surface area (Å²) in [6, 6.07) is 8.20. The van der Waals surface area contributed by atoms with Crippen molar-refractivity contribution in [1.82, 2.24) is 4.57 Å². The molecule has 0 spiro atoms. The van der Waals surface area contributed by atoms with Crippen LogP contribution in [0.5, 0.6) is 0 Å². The summed E-state index contributed by atoms with van der Waals surface area (Å²) >= 11 is 0. The average molecular weight is 203 g/mol. The Kier molecular flexibility index (Phi) is 3.07. The molecule has 0 radical (unpaired) electrons. The van der Waals surface area contributed by atoms with Gasteiger partial charge in [-0.15, -0.1) is 0 Å². The number of aryl methyl sites for hydroxylation is 1. The lowest BCUT2D eigenvalue weighted by molar-refractivity contribution is 0.283. The Morgan fingerprint density at radius 3 is 2.87 bits per heavy atom. The quantitative estimate of drug-likeness (QED) is 0.812. The first-order valence-electron chi connectivity index (χ1n) is 5.54. The summed E-state index contributed by atoms with van der Waals surface area (Å²) in [7, 11) is 0. The Morgan fingerprint density at radius 2 is 2.13 bits per heavy atom. The first-order chi connectivity index (χ1) is 7.36. The van der Waals surface area contributed by atoms with Crippen LogP contribution in [0.3, 0.4) is 0 Å². The fourth-order valence-corrected chi connectivity index (χ4v) is 1.98. The molecule has 80 valence electrons. The second-order valence-electron chi connectivity index (χ2n) is 3.88. The lowest BCUT2D eigenvalue weighted by Crippen LogP contribution is -1.98. The van der Waals surface area contributed by atoms with Gasteiger partial charge in [-0.2, -0.15) is 0 Å². The highest BCUT2D eigenvalue weighted by Gasteiger charge is 2.04. The molecule has 0 amide bonds. The molecule has 0 atom stereocenters. The normalized spacial score (nSPS) is 11.1. The molecule has 1 aromatic heterocycles. The molecule has 15 heavy (non-hydrogen) atoms. The van der Waals surface area contributed by atoms with E-state index in [4.69, 9.17) is 0 Å². The van der Waals surface area contributed by atoms with Gasteiger partial charge in [-0.05, 0) is 17.9 Å². The van der Waals surface area contributed by atoms with E-state index in [1.165, 1.54) is 23.7 Å². The zero-order valence-corrected chi connectivity index (χ0v) is 9.11. The van der Waals surface area contributed by atoms with Crippen molar-refractivity contribution in [2.24, 2.45) is 0 Å². The van der Waals surface area contributed by atoms with Gasteiger partial charge >= 0.3 is 0 Å². The van der Waals surface area contributed by atoms with E-state index in [1.54, 1.807) is 0 Å². The maximum Gasteiger partial charge on any atom is 0.0702 e. The molecule has 1 N–H and O–H groups in total. The van der Waals surface area contributed by atoms with Crippen LogP contribution in [0.15, 0.2) is 30.5 Å². The van der Waals surface area contributed by atoms with Crippen LogP contribution in [0.4, 0.5) is 0 Å². The van der Waals surface area contributed by atoms with E-state index in [2.05, 4.69) is 29.8 Å². The van der Waals surface area contributed by atoms with Crippen molar-refractivity contribution in [3.05, 3.63) is 36.0 Å². The minimum absolute atomic E-state index is 0.119. The highest BCUT2D eigenvalue weighted by Crippen LogP contribution is 2.20. The van der Waals surface area contributed by atoms with Gasteiger partial charge < -0.3 is 9.67 Å². The van der Waals surface area contributed by atoms with Crippen LogP contribution in [0, 0.1) is 0 Å². The van der Waals surface area contributed by atoms with Crippen molar-refractivity contribution in [2.45, 2.75) is 32.9 Å². The van der Waals surface area contributed by atoms with E-state index in [1.807, 2.05) is 12.1 Å². The minimum atomic E-state index is 0.119. The number of aliphatic hydroxyl groups is 1. The number of aromatic nitrogens is 1.